The molecule has 4 nitrogen and oxygen atoms in total. The Labute approximate surface area is 80.5 Å². The lowest BCUT2D eigenvalue weighted by Crippen LogP contribution is -2.42. The first-order valence-corrected chi connectivity index (χ1v) is 4.84. The number of nitrogens with one attached hydrogen (secondary N) is 1. The van der Waals surface area contributed by atoms with Crippen molar-refractivity contribution in [2.45, 2.75) is 19.3 Å². The van der Waals surface area contributed by atoms with Crippen molar-refractivity contribution in [1.82, 2.24) is 10.2 Å². The van der Waals surface area contributed by atoms with Gasteiger partial charge in [0.2, 0.25) is 5.91 Å². The lowest BCUT2D eigenvalue weighted by Gasteiger charge is -2.30. The van der Waals surface area contributed by atoms with E-state index in [1.54, 1.807) is 0 Å². The van der Waals surface area contributed by atoms with E-state index in [-0.39, 0.29) is 0 Å². The van der Waals surface area contributed by atoms with E-state index >= 15 is 0 Å². The van der Waals surface area contributed by atoms with Crippen molar-refractivity contribution < 1.29 is 4.79 Å². The number of likely N-dealkylation sites (tertiary alicyclic amines) is 1. The van der Waals surface area contributed by atoms with Crippen LogP contribution in [0.15, 0.2) is 0 Å². The Bertz CT molecular complexity index is 135. The monoisotopic (exact) mass is 187 g/mol. The zero-order valence-electron chi connectivity index (χ0n) is 8.68. The van der Waals surface area contributed by atoms with Gasteiger partial charge in [0.25, 0.3) is 0 Å². The van der Waals surface area contributed by atoms with E-state index in [1.807, 2.05) is 11.9 Å². The molecule has 4 heteroatoms. The quantitative estimate of drug-likeness (QED) is 0.599. The molecular formula is C9H21N3O. The van der Waals surface area contributed by atoms with Crippen molar-refractivity contribution in [2.24, 2.45) is 5.73 Å². The third-order valence-corrected chi connectivity index (χ3v) is 2.03. The Balaban J connectivity index is 0.000000671. The molecule has 0 aromatic rings. The number of rotatable bonds is 4. The summed E-state index contributed by atoms with van der Waals surface area (Å²) < 4.78 is 0. The van der Waals surface area contributed by atoms with E-state index in [2.05, 4.69) is 11.1 Å². The van der Waals surface area contributed by atoms with Crippen LogP contribution in [0.3, 0.4) is 0 Å². The molecule has 1 heterocycles. The molecule has 0 radical (unpaired) electrons. The van der Waals surface area contributed by atoms with Crippen LogP contribution < -0.4 is 11.1 Å². The average molecular weight is 187 g/mol. The van der Waals surface area contributed by atoms with Gasteiger partial charge in [0, 0.05) is 19.5 Å². The summed E-state index contributed by atoms with van der Waals surface area (Å²) in [5, 5.41) is 3.03. The minimum atomic E-state index is 0.325. The van der Waals surface area contributed by atoms with Crippen LogP contribution in [0.25, 0.3) is 0 Å². The van der Waals surface area contributed by atoms with Crippen LogP contribution in [-0.4, -0.2) is 44.5 Å². The van der Waals surface area contributed by atoms with E-state index in [9.17, 15) is 4.79 Å². The van der Waals surface area contributed by atoms with Crippen LogP contribution in [0, 0.1) is 0 Å². The number of hydrogen-bond donors (Lipinski definition) is 2. The molecule has 1 aliphatic heterocycles. The van der Waals surface area contributed by atoms with Gasteiger partial charge in [-0.15, -0.1) is 0 Å². The van der Waals surface area contributed by atoms with Crippen LogP contribution in [-0.2, 0) is 4.79 Å². The molecule has 1 fully saturated rings. The second-order valence-electron chi connectivity index (χ2n) is 2.94. The van der Waals surface area contributed by atoms with Gasteiger partial charge >= 0.3 is 0 Å². The maximum Gasteiger partial charge on any atom is 0.222 e. The SMILES string of the molecule is CN.CNCCCC(=O)N1CCC1. The van der Waals surface area contributed by atoms with Gasteiger partial charge in [0.05, 0.1) is 0 Å². The lowest BCUT2D eigenvalue weighted by atomic mass is 10.2. The van der Waals surface area contributed by atoms with E-state index < -0.39 is 0 Å². The summed E-state index contributed by atoms with van der Waals surface area (Å²) in [5.74, 6) is 0.325. The van der Waals surface area contributed by atoms with Crippen molar-refractivity contribution in [3.8, 4) is 0 Å². The predicted molar refractivity (Wildman–Crippen MR) is 54.5 cm³/mol. The first kappa shape index (κ1) is 12.4. The highest BCUT2D eigenvalue weighted by Crippen LogP contribution is 2.08. The molecule has 0 unspecified atom stereocenters. The zero-order valence-corrected chi connectivity index (χ0v) is 8.68. The number of amides is 1. The second kappa shape index (κ2) is 8.01. The highest BCUT2D eigenvalue weighted by molar-refractivity contribution is 5.76. The maximum absolute atomic E-state index is 11.2. The van der Waals surface area contributed by atoms with Crippen molar-refractivity contribution in [2.75, 3.05) is 33.7 Å². The van der Waals surface area contributed by atoms with Crippen LogP contribution in [0.2, 0.25) is 0 Å². The number of nitrogens with two attached hydrogens (primary N) is 1. The first-order chi connectivity index (χ1) is 6.34. The van der Waals surface area contributed by atoms with Crippen LogP contribution >= 0.6 is 0 Å². The summed E-state index contributed by atoms with van der Waals surface area (Å²) in [5.41, 5.74) is 4.50. The Kier molecular flexibility index (Phi) is 7.63. The van der Waals surface area contributed by atoms with Crippen LogP contribution in [0.1, 0.15) is 19.3 Å². The van der Waals surface area contributed by atoms with Gasteiger partial charge in [-0.05, 0) is 33.5 Å². The predicted octanol–water partition coefficient (Wildman–Crippen LogP) is -0.207. The van der Waals surface area contributed by atoms with E-state index in [0.717, 1.165) is 26.1 Å². The smallest absolute Gasteiger partial charge is 0.222 e. The maximum atomic E-state index is 11.2. The van der Waals surface area contributed by atoms with Gasteiger partial charge in [-0.2, -0.15) is 0 Å². The Hall–Kier alpha value is -0.610. The third-order valence-electron chi connectivity index (χ3n) is 2.03. The minimum Gasteiger partial charge on any atom is -0.343 e. The molecule has 78 valence electrons. The van der Waals surface area contributed by atoms with Crippen molar-refractivity contribution in [3.63, 3.8) is 0 Å². The molecule has 3 N–H and O–H groups in total. The van der Waals surface area contributed by atoms with Crippen molar-refractivity contribution in [1.29, 1.82) is 0 Å². The molecule has 1 aliphatic rings. The number of hydrogen-bond acceptors (Lipinski definition) is 3. The Morgan fingerprint density at radius 1 is 1.46 bits per heavy atom. The van der Waals surface area contributed by atoms with Crippen molar-refractivity contribution >= 4 is 5.91 Å². The van der Waals surface area contributed by atoms with Gasteiger partial charge in [-0.1, -0.05) is 0 Å². The Morgan fingerprint density at radius 2 is 2.08 bits per heavy atom. The molecule has 0 atom stereocenters. The third kappa shape index (κ3) is 4.85. The van der Waals surface area contributed by atoms with Gasteiger partial charge < -0.3 is 16.0 Å². The largest absolute Gasteiger partial charge is 0.343 e. The van der Waals surface area contributed by atoms with E-state index in [4.69, 9.17) is 0 Å². The molecule has 0 aliphatic carbocycles. The summed E-state index contributed by atoms with van der Waals surface area (Å²) in [6, 6.07) is 0. The normalized spacial score (nSPS) is 14.2. The van der Waals surface area contributed by atoms with Crippen molar-refractivity contribution in [3.05, 3.63) is 0 Å². The summed E-state index contributed by atoms with van der Waals surface area (Å²) in [6.07, 6.45) is 2.87. The van der Waals surface area contributed by atoms with Gasteiger partial charge in [0.15, 0.2) is 0 Å². The Morgan fingerprint density at radius 3 is 2.46 bits per heavy atom. The number of carbonyl (C=O) groups excluding carboxylic acids is 1. The summed E-state index contributed by atoms with van der Waals surface area (Å²) in [6.45, 7) is 2.91. The molecule has 1 saturated heterocycles. The van der Waals surface area contributed by atoms with Gasteiger partial charge in [-0.25, -0.2) is 0 Å². The number of nitrogens with zero attached hydrogens (tertiary/aromatic N) is 1. The van der Waals surface area contributed by atoms with E-state index in [1.165, 1.54) is 13.5 Å². The number of carbonyl (C=O) groups is 1. The first-order valence-electron chi connectivity index (χ1n) is 4.84. The highest BCUT2D eigenvalue weighted by Gasteiger charge is 2.18. The fourth-order valence-corrected chi connectivity index (χ4v) is 1.14. The summed E-state index contributed by atoms with van der Waals surface area (Å²) >= 11 is 0. The van der Waals surface area contributed by atoms with Crippen LogP contribution in [0.5, 0.6) is 0 Å². The summed E-state index contributed by atoms with van der Waals surface area (Å²) in [7, 11) is 3.41. The van der Waals surface area contributed by atoms with Crippen LogP contribution in [0.4, 0.5) is 0 Å². The average Bonchev–Trinajstić information content (AvgIpc) is 2.05. The summed E-state index contributed by atoms with van der Waals surface area (Å²) in [4.78, 5) is 13.1. The molecule has 0 spiro atoms. The molecule has 0 aromatic heterocycles. The highest BCUT2D eigenvalue weighted by atomic mass is 16.2. The second-order valence-corrected chi connectivity index (χ2v) is 2.94. The van der Waals surface area contributed by atoms with E-state index in [0.29, 0.717) is 12.3 Å². The molecule has 0 aromatic carbocycles. The molecule has 1 rings (SSSR count). The topological polar surface area (TPSA) is 58.4 Å². The fourth-order valence-electron chi connectivity index (χ4n) is 1.14. The minimum absolute atomic E-state index is 0.325. The zero-order chi connectivity index (χ0) is 10.1. The molecule has 13 heavy (non-hydrogen) atoms. The van der Waals surface area contributed by atoms with Gasteiger partial charge in [-0.3, -0.25) is 4.79 Å². The molecule has 0 saturated carbocycles. The lowest BCUT2D eigenvalue weighted by molar-refractivity contribution is -0.134. The molecular weight excluding hydrogens is 166 g/mol. The fraction of sp³-hybridized carbons (Fsp3) is 0.889. The standard InChI is InChI=1S/C8H16N2O.CH5N/c1-9-5-2-4-8(11)10-6-3-7-10;1-2/h9H,2-7H2,1H3;2H2,1H3. The van der Waals surface area contributed by atoms with Gasteiger partial charge in [0.1, 0.15) is 0 Å². The molecule has 1 amide bonds. The molecule has 0 bridgehead atoms.